The molecule has 0 amide bonds. The Morgan fingerprint density at radius 2 is 1.75 bits per heavy atom. The highest BCUT2D eigenvalue weighted by Gasteiger charge is 2.25. The van der Waals surface area contributed by atoms with Crippen LogP contribution >= 0.6 is 0 Å². The highest BCUT2D eigenvalue weighted by Crippen LogP contribution is 2.32. The predicted molar refractivity (Wildman–Crippen MR) is 96.2 cm³/mol. The third-order valence-electron chi connectivity index (χ3n) is 4.37. The summed E-state index contributed by atoms with van der Waals surface area (Å²) in [5.74, 6) is 0.668. The van der Waals surface area contributed by atoms with E-state index in [1.807, 2.05) is 24.8 Å². The van der Waals surface area contributed by atoms with Gasteiger partial charge in [-0.15, -0.1) is 0 Å². The lowest BCUT2D eigenvalue weighted by Crippen LogP contribution is -2.21. The van der Waals surface area contributed by atoms with Gasteiger partial charge in [0.05, 0.1) is 11.8 Å². The van der Waals surface area contributed by atoms with Gasteiger partial charge in [-0.05, 0) is 23.3 Å². The fraction of sp³-hybridized carbons (Fsp3) is 0.211. The molecule has 0 spiro atoms. The number of rotatable bonds is 3. The Bertz CT molecular complexity index is 862. The second kappa shape index (κ2) is 5.92. The normalized spacial score (nSPS) is 16.4. The maximum atomic E-state index is 4.72. The molecule has 1 aliphatic rings. The molecule has 1 aromatic heterocycles. The summed E-state index contributed by atoms with van der Waals surface area (Å²) in [6, 6.07) is 19.0. The molecule has 1 unspecified atom stereocenters. The maximum absolute atomic E-state index is 4.72. The van der Waals surface area contributed by atoms with Gasteiger partial charge in [0.1, 0.15) is 6.33 Å². The number of aromatic nitrogens is 3. The lowest BCUT2D eigenvalue weighted by Gasteiger charge is -2.24. The van der Waals surface area contributed by atoms with E-state index in [9.17, 15) is 0 Å². The van der Waals surface area contributed by atoms with Gasteiger partial charge in [0, 0.05) is 26.2 Å². The lowest BCUT2D eigenvalue weighted by atomic mass is 9.96. The summed E-state index contributed by atoms with van der Waals surface area (Å²) in [6.07, 6.45) is 2.38. The van der Waals surface area contributed by atoms with Crippen molar-refractivity contribution in [3.05, 3.63) is 72.1 Å². The van der Waals surface area contributed by atoms with Crippen molar-refractivity contribution >= 4 is 17.3 Å². The summed E-state index contributed by atoms with van der Waals surface area (Å²) < 4.78 is 1.91. The second-order valence-electron chi connectivity index (χ2n) is 6.14. The van der Waals surface area contributed by atoms with Crippen molar-refractivity contribution < 1.29 is 0 Å². The summed E-state index contributed by atoms with van der Waals surface area (Å²) in [5, 5.41) is 4.37. The van der Waals surface area contributed by atoms with Crippen molar-refractivity contribution in [2.75, 3.05) is 19.0 Å². The number of aliphatic imine (C=N–C) groups is 1. The fourth-order valence-electron chi connectivity index (χ4n) is 3.05. The van der Waals surface area contributed by atoms with E-state index in [4.69, 9.17) is 4.99 Å². The zero-order valence-electron chi connectivity index (χ0n) is 13.8. The van der Waals surface area contributed by atoms with Crippen LogP contribution in [0.25, 0.3) is 0 Å². The van der Waals surface area contributed by atoms with Gasteiger partial charge in [-0.1, -0.05) is 42.5 Å². The SMILES string of the molecule is CN(C)c1ccc(C2=Nc3ncnn3C(c3ccccc3)C2)cc1. The van der Waals surface area contributed by atoms with Crippen LogP contribution in [0.3, 0.4) is 0 Å². The predicted octanol–water partition coefficient (Wildman–Crippen LogP) is 3.46. The summed E-state index contributed by atoms with van der Waals surface area (Å²) in [7, 11) is 4.09. The quantitative estimate of drug-likeness (QED) is 0.743. The molecule has 5 nitrogen and oxygen atoms in total. The molecule has 0 radical (unpaired) electrons. The van der Waals surface area contributed by atoms with E-state index in [1.165, 1.54) is 11.3 Å². The smallest absolute Gasteiger partial charge is 0.248 e. The van der Waals surface area contributed by atoms with Crippen LogP contribution in [-0.4, -0.2) is 34.6 Å². The molecule has 0 aliphatic carbocycles. The average Bonchev–Trinajstić information content (AvgIpc) is 3.10. The molecule has 4 rings (SSSR count). The number of anilines is 1. The zero-order chi connectivity index (χ0) is 16.5. The van der Waals surface area contributed by atoms with E-state index in [2.05, 4.69) is 63.5 Å². The van der Waals surface area contributed by atoms with Gasteiger partial charge in [0.15, 0.2) is 0 Å². The van der Waals surface area contributed by atoms with Crippen LogP contribution in [-0.2, 0) is 0 Å². The van der Waals surface area contributed by atoms with Crippen LogP contribution in [0.2, 0.25) is 0 Å². The first-order chi connectivity index (χ1) is 11.7. The Morgan fingerprint density at radius 3 is 2.46 bits per heavy atom. The van der Waals surface area contributed by atoms with Crippen LogP contribution < -0.4 is 4.90 Å². The van der Waals surface area contributed by atoms with E-state index in [-0.39, 0.29) is 6.04 Å². The molecular weight excluding hydrogens is 298 g/mol. The maximum Gasteiger partial charge on any atom is 0.248 e. The number of nitrogens with zero attached hydrogens (tertiary/aromatic N) is 5. The van der Waals surface area contributed by atoms with Crippen molar-refractivity contribution in [2.45, 2.75) is 12.5 Å². The van der Waals surface area contributed by atoms with Gasteiger partial charge in [-0.2, -0.15) is 10.1 Å². The minimum Gasteiger partial charge on any atom is -0.378 e. The van der Waals surface area contributed by atoms with Crippen molar-refractivity contribution in [2.24, 2.45) is 4.99 Å². The van der Waals surface area contributed by atoms with Crippen LogP contribution in [0.4, 0.5) is 11.6 Å². The zero-order valence-corrected chi connectivity index (χ0v) is 13.8. The molecule has 2 aromatic carbocycles. The third-order valence-corrected chi connectivity index (χ3v) is 4.37. The monoisotopic (exact) mass is 317 g/mol. The molecule has 24 heavy (non-hydrogen) atoms. The number of hydrogen-bond donors (Lipinski definition) is 0. The van der Waals surface area contributed by atoms with Gasteiger partial charge in [-0.25, -0.2) is 9.67 Å². The first-order valence-corrected chi connectivity index (χ1v) is 8.02. The van der Waals surface area contributed by atoms with Crippen molar-refractivity contribution in [3.8, 4) is 0 Å². The van der Waals surface area contributed by atoms with Crippen molar-refractivity contribution in [1.29, 1.82) is 0 Å². The molecule has 0 saturated carbocycles. The molecule has 0 N–H and O–H groups in total. The molecule has 0 bridgehead atoms. The number of benzene rings is 2. The summed E-state index contributed by atoms with van der Waals surface area (Å²) >= 11 is 0. The average molecular weight is 317 g/mol. The Hall–Kier alpha value is -2.95. The van der Waals surface area contributed by atoms with Gasteiger partial charge >= 0.3 is 0 Å². The minimum absolute atomic E-state index is 0.129. The fourth-order valence-corrected chi connectivity index (χ4v) is 3.05. The van der Waals surface area contributed by atoms with E-state index >= 15 is 0 Å². The van der Waals surface area contributed by atoms with Crippen molar-refractivity contribution in [3.63, 3.8) is 0 Å². The highest BCUT2D eigenvalue weighted by molar-refractivity contribution is 6.03. The molecule has 1 atom stereocenters. The number of fused-ring (bicyclic) bond motifs is 1. The topological polar surface area (TPSA) is 46.3 Å². The van der Waals surface area contributed by atoms with Gasteiger partial charge in [0.25, 0.3) is 0 Å². The molecular formula is C19H19N5. The van der Waals surface area contributed by atoms with E-state index in [1.54, 1.807) is 6.33 Å². The molecule has 1 aliphatic heterocycles. The van der Waals surface area contributed by atoms with Crippen LogP contribution in [0.5, 0.6) is 0 Å². The lowest BCUT2D eigenvalue weighted by molar-refractivity contribution is 0.531. The minimum atomic E-state index is 0.129. The molecule has 2 heterocycles. The highest BCUT2D eigenvalue weighted by atomic mass is 15.4. The van der Waals surface area contributed by atoms with Crippen LogP contribution in [0, 0.1) is 0 Å². The van der Waals surface area contributed by atoms with E-state index in [0.29, 0.717) is 5.95 Å². The second-order valence-corrected chi connectivity index (χ2v) is 6.14. The Kier molecular flexibility index (Phi) is 3.61. The van der Waals surface area contributed by atoms with E-state index < -0.39 is 0 Å². The van der Waals surface area contributed by atoms with Gasteiger partial charge in [0.2, 0.25) is 5.95 Å². The molecule has 5 heteroatoms. The van der Waals surface area contributed by atoms with E-state index in [0.717, 1.165) is 17.7 Å². The Morgan fingerprint density at radius 1 is 1.00 bits per heavy atom. The summed E-state index contributed by atoms with van der Waals surface area (Å²) in [6.45, 7) is 0. The van der Waals surface area contributed by atoms with Crippen LogP contribution in [0.1, 0.15) is 23.6 Å². The van der Waals surface area contributed by atoms with Crippen molar-refractivity contribution in [1.82, 2.24) is 14.8 Å². The Labute approximate surface area is 141 Å². The summed E-state index contributed by atoms with van der Waals surface area (Å²) in [5.41, 5.74) is 4.59. The molecule has 120 valence electrons. The standard InChI is InChI=1S/C19H19N5/c1-23(2)16-10-8-14(9-11-16)17-12-18(15-6-4-3-5-7-15)24-19(22-17)20-13-21-24/h3-11,13,18H,12H2,1-2H3. The first-order valence-electron chi connectivity index (χ1n) is 8.02. The number of hydrogen-bond acceptors (Lipinski definition) is 4. The van der Waals surface area contributed by atoms with Gasteiger partial charge in [-0.3, -0.25) is 0 Å². The Balaban J connectivity index is 1.73. The summed E-state index contributed by atoms with van der Waals surface area (Å²) in [4.78, 5) is 11.1. The molecule has 0 saturated heterocycles. The van der Waals surface area contributed by atoms with Gasteiger partial charge < -0.3 is 4.90 Å². The third kappa shape index (κ3) is 2.58. The molecule has 0 fully saturated rings. The van der Waals surface area contributed by atoms with Crippen LogP contribution in [0.15, 0.2) is 65.9 Å². The largest absolute Gasteiger partial charge is 0.378 e. The first kappa shape index (κ1) is 14.6. The molecule has 3 aromatic rings.